The molecule has 0 spiro atoms. The molecule has 104 valence electrons. The summed E-state index contributed by atoms with van der Waals surface area (Å²) in [6.07, 6.45) is 3.66. The van der Waals surface area contributed by atoms with Crippen LogP contribution in [0.5, 0.6) is 0 Å². The van der Waals surface area contributed by atoms with Crippen LogP contribution in [0.2, 0.25) is 0 Å². The molecule has 1 atom stereocenters. The van der Waals surface area contributed by atoms with Gasteiger partial charge in [-0.3, -0.25) is 0 Å². The van der Waals surface area contributed by atoms with Crippen LogP contribution in [0.15, 0.2) is 0 Å². The Morgan fingerprint density at radius 3 is 2.41 bits per heavy atom. The lowest BCUT2D eigenvalue weighted by molar-refractivity contribution is -0.141. The standard InChI is InChI=1S/C12H26O5/c1-2-3-4-5-7-17-12(14)11-16-10-9-15-8-6-13/h12-14H,2-11H2,1H3. The average Bonchev–Trinajstić information content (AvgIpc) is 2.33. The molecule has 1 unspecified atom stereocenters. The van der Waals surface area contributed by atoms with Gasteiger partial charge in [0.2, 0.25) is 0 Å². The van der Waals surface area contributed by atoms with Crippen LogP contribution in [0.25, 0.3) is 0 Å². The van der Waals surface area contributed by atoms with E-state index in [4.69, 9.17) is 19.3 Å². The Hall–Kier alpha value is -0.200. The molecule has 5 heteroatoms. The SMILES string of the molecule is CCCCCCOC(O)COCCOCCO. The Balaban J connectivity index is 3.09. The van der Waals surface area contributed by atoms with Crippen LogP contribution in [0, 0.1) is 0 Å². The molecule has 0 aromatic rings. The third-order valence-electron chi connectivity index (χ3n) is 2.18. The van der Waals surface area contributed by atoms with Crippen molar-refractivity contribution in [3.8, 4) is 0 Å². The summed E-state index contributed by atoms with van der Waals surface area (Å²) in [6.45, 7) is 4.05. The number of aliphatic hydroxyl groups excluding tert-OH is 2. The Kier molecular flexibility index (Phi) is 13.7. The highest BCUT2D eigenvalue weighted by Crippen LogP contribution is 2.00. The third kappa shape index (κ3) is 13.7. The van der Waals surface area contributed by atoms with Crippen LogP contribution in [0.1, 0.15) is 32.6 Å². The monoisotopic (exact) mass is 250 g/mol. The van der Waals surface area contributed by atoms with E-state index < -0.39 is 6.29 Å². The van der Waals surface area contributed by atoms with Crippen molar-refractivity contribution in [3.05, 3.63) is 0 Å². The van der Waals surface area contributed by atoms with E-state index in [1.165, 1.54) is 12.8 Å². The average molecular weight is 250 g/mol. The second-order valence-electron chi connectivity index (χ2n) is 3.80. The summed E-state index contributed by atoms with van der Waals surface area (Å²) < 4.78 is 15.3. The van der Waals surface area contributed by atoms with Gasteiger partial charge in [-0.2, -0.15) is 0 Å². The molecule has 0 aliphatic rings. The molecule has 0 aliphatic carbocycles. The van der Waals surface area contributed by atoms with Gasteiger partial charge in [-0.1, -0.05) is 26.2 Å². The van der Waals surface area contributed by atoms with Gasteiger partial charge >= 0.3 is 0 Å². The van der Waals surface area contributed by atoms with Crippen LogP contribution in [0.4, 0.5) is 0 Å². The molecule has 0 radical (unpaired) electrons. The molecule has 0 aromatic carbocycles. The van der Waals surface area contributed by atoms with E-state index >= 15 is 0 Å². The van der Waals surface area contributed by atoms with E-state index in [-0.39, 0.29) is 13.2 Å². The zero-order chi connectivity index (χ0) is 12.8. The van der Waals surface area contributed by atoms with Gasteiger partial charge < -0.3 is 24.4 Å². The first kappa shape index (κ1) is 16.8. The van der Waals surface area contributed by atoms with Crippen LogP contribution >= 0.6 is 0 Å². The van der Waals surface area contributed by atoms with Crippen molar-refractivity contribution in [2.45, 2.75) is 38.9 Å². The normalized spacial score (nSPS) is 12.9. The molecule has 0 bridgehead atoms. The second kappa shape index (κ2) is 13.9. The van der Waals surface area contributed by atoms with E-state index in [0.717, 1.165) is 12.8 Å². The maximum absolute atomic E-state index is 9.38. The predicted molar refractivity (Wildman–Crippen MR) is 64.8 cm³/mol. The topological polar surface area (TPSA) is 68.2 Å². The third-order valence-corrected chi connectivity index (χ3v) is 2.18. The van der Waals surface area contributed by atoms with E-state index in [1.807, 2.05) is 0 Å². The summed E-state index contributed by atoms with van der Waals surface area (Å²) in [6, 6.07) is 0. The largest absolute Gasteiger partial charge is 0.394 e. The maximum atomic E-state index is 9.38. The minimum Gasteiger partial charge on any atom is -0.394 e. The van der Waals surface area contributed by atoms with Gasteiger partial charge in [-0.25, -0.2) is 0 Å². The molecular weight excluding hydrogens is 224 g/mol. The Bertz CT molecular complexity index is 143. The fourth-order valence-corrected chi connectivity index (χ4v) is 1.26. The van der Waals surface area contributed by atoms with Crippen LogP contribution in [-0.4, -0.2) is 56.1 Å². The van der Waals surface area contributed by atoms with Crippen LogP contribution in [0.3, 0.4) is 0 Å². The van der Waals surface area contributed by atoms with Crippen molar-refractivity contribution in [3.63, 3.8) is 0 Å². The lowest BCUT2D eigenvalue weighted by Gasteiger charge is -2.12. The van der Waals surface area contributed by atoms with Crippen molar-refractivity contribution in [2.75, 3.05) is 39.6 Å². The summed E-state index contributed by atoms with van der Waals surface area (Å²) in [5, 5.41) is 17.8. The smallest absolute Gasteiger partial charge is 0.178 e. The Morgan fingerprint density at radius 2 is 1.71 bits per heavy atom. The summed E-state index contributed by atoms with van der Waals surface area (Å²) >= 11 is 0. The van der Waals surface area contributed by atoms with Gasteiger partial charge in [0.05, 0.1) is 33.0 Å². The number of ether oxygens (including phenoxy) is 3. The van der Waals surface area contributed by atoms with Gasteiger partial charge in [0, 0.05) is 6.61 Å². The quantitative estimate of drug-likeness (QED) is 0.376. The molecule has 2 N–H and O–H groups in total. The summed E-state index contributed by atoms with van der Waals surface area (Å²) in [5.74, 6) is 0. The first-order valence-corrected chi connectivity index (χ1v) is 6.37. The van der Waals surface area contributed by atoms with Crippen molar-refractivity contribution in [1.29, 1.82) is 0 Å². The minimum atomic E-state index is -0.852. The lowest BCUT2D eigenvalue weighted by Crippen LogP contribution is -2.21. The van der Waals surface area contributed by atoms with Crippen molar-refractivity contribution in [2.24, 2.45) is 0 Å². The molecule has 0 fully saturated rings. The fraction of sp³-hybridized carbons (Fsp3) is 1.00. The van der Waals surface area contributed by atoms with Gasteiger partial charge in [0.15, 0.2) is 6.29 Å². The number of aliphatic hydroxyl groups is 2. The first-order valence-electron chi connectivity index (χ1n) is 6.37. The van der Waals surface area contributed by atoms with E-state index in [1.54, 1.807) is 0 Å². The van der Waals surface area contributed by atoms with Gasteiger partial charge in [0.1, 0.15) is 0 Å². The van der Waals surface area contributed by atoms with Crippen molar-refractivity contribution >= 4 is 0 Å². The van der Waals surface area contributed by atoms with Crippen LogP contribution in [-0.2, 0) is 14.2 Å². The summed E-state index contributed by atoms with van der Waals surface area (Å²) in [5.41, 5.74) is 0. The second-order valence-corrected chi connectivity index (χ2v) is 3.80. The molecule has 0 rings (SSSR count). The zero-order valence-electron chi connectivity index (χ0n) is 10.8. The highest BCUT2D eigenvalue weighted by atomic mass is 16.6. The first-order chi connectivity index (χ1) is 8.31. The van der Waals surface area contributed by atoms with Crippen LogP contribution < -0.4 is 0 Å². The van der Waals surface area contributed by atoms with E-state index in [0.29, 0.717) is 26.4 Å². The molecule has 0 amide bonds. The number of unbranched alkanes of at least 4 members (excludes halogenated alkanes) is 3. The zero-order valence-corrected chi connectivity index (χ0v) is 10.8. The molecule has 0 aromatic heterocycles. The molecule has 17 heavy (non-hydrogen) atoms. The Labute approximate surface area is 104 Å². The molecule has 0 heterocycles. The number of hydrogen-bond acceptors (Lipinski definition) is 5. The minimum absolute atomic E-state index is 0.0174. The molecule has 0 saturated carbocycles. The maximum Gasteiger partial charge on any atom is 0.178 e. The van der Waals surface area contributed by atoms with Gasteiger partial charge in [-0.15, -0.1) is 0 Å². The number of rotatable bonds is 13. The molecule has 5 nitrogen and oxygen atoms in total. The van der Waals surface area contributed by atoms with Gasteiger partial charge in [-0.05, 0) is 6.42 Å². The van der Waals surface area contributed by atoms with Crippen molar-refractivity contribution < 1.29 is 24.4 Å². The number of hydrogen-bond donors (Lipinski definition) is 2. The highest BCUT2D eigenvalue weighted by Gasteiger charge is 2.03. The Morgan fingerprint density at radius 1 is 0.941 bits per heavy atom. The fourth-order valence-electron chi connectivity index (χ4n) is 1.26. The van der Waals surface area contributed by atoms with E-state index in [9.17, 15) is 5.11 Å². The van der Waals surface area contributed by atoms with Crippen molar-refractivity contribution in [1.82, 2.24) is 0 Å². The lowest BCUT2D eigenvalue weighted by atomic mass is 10.2. The summed E-state index contributed by atoms with van der Waals surface area (Å²) in [7, 11) is 0. The molecule has 0 aliphatic heterocycles. The predicted octanol–water partition coefficient (Wildman–Crippen LogP) is 0.927. The highest BCUT2D eigenvalue weighted by molar-refractivity contribution is 4.42. The summed E-state index contributed by atoms with van der Waals surface area (Å²) in [4.78, 5) is 0. The van der Waals surface area contributed by atoms with Gasteiger partial charge in [0.25, 0.3) is 0 Å². The van der Waals surface area contributed by atoms with E-state index in [2.05, 4.69) is 6.92 Å². The molecular formula is C12H26O5. The molecule has 0 saturated heterocycles.